The third kappa shape index (κ3) is 4.95. The van der Waals surface area contributed by atoms with E-state index in [1.807, 2.05) is 36.4 Å². The predicted molar refractivity (Wildman–Crippen MR) is 152 cm³/mol. The van der Waals surface area contributed by atoms with E-state index in [9.17, 15) is 18.3 Å². The van der Waals surface area contributed by atoms with E-state index >= 15 is 0 Å². The molecule has 1 aliphatic rings. The van der Waals surface area contributed by atoms with Gasteiger partial charge < -0.3 is 19.5 Å². The van der Waals surface area contributed by atoms with Gasteiger partial charge in [-0.25, -0.2) is 18.1 Å². The zero-order valence-corrected chi connectivity index (χ0v) is 22.7. The van der Waals surface area contributed by atoms with Crippen LogP contribution >= 0.6 is 0 Å². The maximum Gasteiger partial charge on any atom is 0.229 e. The Hall–Kier alpha value is -4.52. The highest BCUT2D eigenvalue weighted by Gasteiger charge is 2.24. The summed E-state index contributed by atoms with van der Waals surface area (Å²) in [6.45, 7) is 4.09. The SMILES string of the molecule is CCS(=O)(=O)CC(=O)Cn1cnc2c(-n3ncc4ccccc43)nc(N3CCN(c4ccc(O)cc4)CC3)nc21. The van der Waals surface area contributed by atoms with Crippen LogP contribution < -0.4 is 9.80 Å². The number of benzene rings is 2. The summed E-state index contributed by atoms with van der Waals surface area (Å²) in [6.07, 6.45) is 3.26. The molecule has 206 valence electrons. The Balaban J connectivity index is 1.37. The van der Waals surface area contributed by atoms with Gasteiger partial charge in [-0.15, -0.1) is 0 Å². The molecule has 4 heterocycles. The maximum atomic E-state index is 12.7. The standard InChI is InChI=1S/C27H28N8O4S/c1-2-40(38,39)17-22(37)16-34-18-28-24-25(34)30-27(31-26(24)35-23-6-4-3-5-19(23)15-29-35)33-13-11-32(12-14-33)20-7-9-21(36)10-8-20/h3-10,15,18,36H,2,11-14,16-17H2,1H3. The minimum Gasteiger partial charge on any atom is -0.508 e. The first-order valence-corrected chi connectivity index (χ1v) is 14.8. The summed E-state index contributed by atoms with van der Waals surface area (Å²) in [5.74, 6) is 0.122. The van der Waals surface area contributed by atoms with E-state index in [1.54, 1.807) is 27.6 Å². The van der Waals surface area contributed by atoms with Crippen molar-refractivity contribution in [1.82, 2.24) is 29.3 Å². The highest BCUT2D eigenvalue weighted by atomic mass is 32.2. The quantitative estimate of drug-likeness (QED) is 0.300. The van der Waals surface area contributed by atoms with Gasteiger partial charge in [-0.1, -0.05) is 25.1 Å². The van der Waals surface area contributed by atoms with E-state index in [1.165, 1.54) is 13.3 Å². The number of phenols is 1. The van der Waals surface area contributed by atoms with Crippen LogP contribution in [0.3, 0.4) is 0 Å². The first-order valence-electron chi connectivity index (χ1n) is 13.0. The second-order valence-electron chi connectivity index (χ2n) is 9.71. The number of ketones is 1. The third-order valence-electron chi connectivity index (χ3n) is 7.06. The van der Waals surface area contributed by atoms with Crippen molar-refractivity contribution in [2.75, 3.05) is 47.5 Å². The molecule has 3 aromatic heterocycles. The second-order valence-corrected chi connectivity index (χ2v) is 12.1. The van der Waals surface area contributed by atoms with E-state index in [0.717, 1.165) is 29.7 Å². The Morgan fingerprint density at radius 3 is 2.45 bits per heavy atom. The minimum absolute atomic E-state index is 0.0949. The van der Waals surface area contributed by atoms with Crippen molar-refractivity contribution in [3.8, 4) is 11.6 Å². The molecule has 0 bridgehead atoms. The molecule has 6 rings (SSSR count). The number of piperazine rings is 1. The van der Waals surface area contributed by atoms with Gasteiger partial charge in [0.25, 0.3) is 0 Å². The molecule has 5 aromatic rings. The Morgan fingerprint density at radius 2 is 1.70 bits per heavy atom. The Morgan fingerprint density at radius 1 is 0.975 bits per heavy atom. The van der Waals surface area contributed by atoms with Gasteiger partial charge in [0, 0.05) is 43.0 Å². The molecular formula is C27H28N8O4S. The van der Waals surface area contributed by atoms with Crippen molar-refractivity contribution in [3.05, 3.63) is 61.1 Å². The van der Waals surface area contributed by atoms with Crippen molar-refractivity contribution < 1.29 is 18.3 Å². The minimum atomic E-state index is -3.46. The van der Waals surface area contributed by atoms with Gasteiger partial charge in [-0.05, 0) is 30.3 Å². The Labute approximate surface area is 230 Å². The lowest BCUT2D eigenvalue weighted by Gasteiger charge is -2.36. The number of Topliss-reactive ketones (excluding diaryl/α,β-unsaturated/α-hetero) is 1. The van der Waals surface area contributed by atoms with E-state index in [4.69, 9.17) is 9.97 Å². The number of sulfone groups is 1. The van der Waals surface area contributed by atoms with E-state index in [-0.39, 0.29) is 18.0 Å². The fourth-order valence-corrected chi connectivity index (χ4v) is 5.66. The third-order valence-corrected chi connectivity index (χ3v) is 8.70. The highest BCUT2D eigenvalue weighted by molar-refractivity contribution is 7.92. The number of anilines is 2. The zero-order valence-electron chi connectivity index (χ0n) is 21.9. The summed E-state index contributed by atoms with van der Waals surface area (Å²) in [6, 6.07) is 14.9. The molecular weight excluding hydrogens is 532 g/mol. The van der Waals surface area contributed by atoms with Crippen molar-refractivity contribution in [2.45, 2.75) is 13.5 Å². The molecule has 1 aliphatic heterocycles. The maximum absolute atomic E-state index is 12.7. The average Bonchev–Trinajstić information content (AvgIpc) is 3.57. The number of rotatable bonds is 8. The van der Waals surface area contributed by atoms with E-state index in [0.29, 0.717) is 36.0 Å². The molecule has 1 fully saturated rings. The lowest BCUT2D eigenvalue weighted by Crippen LogP contribution is -2.47. The topological polar surface area (TPSA) is 139 Å². The number of hydrogen-bond donors (Lipinski definition) is 1. The van der Waals surface area contributed by atoms with Crippen molar-refractivity contribution >= 4 is 49.3 Å². The number of carbonyl (C=O) groups excluding carboxylic acids is 1. The highest BCUT2D eigenvalue weighted by Crippen LogP contribution is 2.27. The van der Waals surface area contributed by atoms with Crippen LogP contribution in [0.2, 0.25) is 0 Å². The van der Waals surface area contributed by atoms with Crippen LogP contribution in [0, 0.1) is 0 Å². The van der Waals surface area contributed by atoms with Crippen LogP contribution in [0.25, 0.3) is 27.9 Å². The Kier molecular flexibility index (Phi) is 6.58. The molecule has 0 unspecified atom stereocenters. The number of para-hydroxylation sites is 1. The van der Waals surface area contributed by atoms with Gasteiger partial charge in [-0.2, -0.15) is 15.1 Å². The van der Waals surface area contributed by atoms with Crippen LogP contribution in [0.5, 0.6) is 5.75 Å². The lowest BCUT2D eigenvalue weighted by molar-refractivity contribution is -0.117. The summed E-state index contributed by atoms with van der Waals surface area (Å²) < 4.78 is 27.4. The Bertz CT molecular complexity index is 1810. The zero-order chi connectivity index (χ0) is 27.9. The van der Waals surface area contributed by atoms with Crippen LogP contribution in [0.15, 0.2) is 61.1 Å². The molecule has 40 heavy (non-hydrogen) atoms. The first-order chi connectivity index (χ1) is 19.3. The molecule has 0 amide bonds. The molecule has 2 aromatic carbocycles. The molecule has 0 spiro atoms. The number of fused-ring (bicyclic) bond motifs is 2. The predicted octanol–water partition coefficient (Wildman–Crippen LogP) is 2.20. The monoisotopic (exact) mass is 560 g/mol. The van der Waals surface area contributed by atoms with Crippen molar-refractivity contribution in [2.24, 2.45) is 0 Å². The summed E-state index contributed by atoms with van der Waals surface area (Å²) >= 11 is 0. The second kappa shape index (κ2) is 10.2. The summed E-state index contributed by atoms with van der Waals surface area (Å²) in [4.78, 5) is 31.2. The van der Waals surface area contributed by atoms with Gasteiger partial charge in [0.15, 0.2) is 32.6 Å². The number of imidazole rings is 1. The van der Waals surface area contributed by atoms with Gasteiger partial charge >= 0.3 is 0 Å². The molecule has 13 heteroatoms. The average molecular weight is 561 g/mol. The number of nitrogens with zero attached hydrogens (tertiary/aromatic N) is 8. The van der Waals surface area contributed by atoms with Crippen LogP contribution in [-0.2, 0) is 21.2 Å². The normalized spacial score (nSPS) is 14.3. The van der Waals surface area contributed by atoms with E-state index < -0.39 is 21.4 Å². The van der Waals surface area contributed by atoms with Gasteiger partial charge in [0.2, 0.25) is 5.95 Å². The fourth-order valence-electron chi connectivity index (χ4n) is 4.87. The van der Waals surface area contributed by atoms with Gasteiger partial charge in [-0.3, -0.25) is 4.79 Å². The molecule has 0 radical (unpaired) electrons. The number of phenolic OH excluding ortho intramolecular Hbond substituents is 1. The van der Waals surface area contributed by atoms with Crippen molar-refractivity contribution in [3.63, 3.8) is 0 Å². The summed E-state index contributed by atoms with van der Waals surface area (Å²) in [7, 11) is -3.46. The number of aromatic hydroxyl groups is 1. The summed E-state index contributed by atoms with van der Waals surface area (Å²) in [5.41, 5.74) is 2.77. The number of carbonyl (C=O) groups is 1. The summed E-state index contributed by atoms with van der Waals surface area (Å²) in [5, 5.41) is 15.1. The molecule has 12 nitrogen and oxygen atoms in total. The number of aromatic nitrogens is 6. The molecule has 0 aliphatic carbocycles. The van der Waals surface area contributed by atoms with Crippen LogP contribution in [0.1, 0.15) is 6.92 Å². The van der Waals surface area contributed by atoms with Crippen molar-refractivity contribution in [1.29, 1.82) is 0 Å². The van der Waals surface area contributed by atoms with Gasteiger partial charge in [0.1, 0.15) is 11.5 Å². The van der Waals surface area contributed by atoms with E-state index in [2.05, 4.69) is 19.9 Å². The lowest BCUT2D eigenvalue weighted by atomic mass is 10.2. The molecule has 0 atom stereocenters. The van der Waals surface area contributed by atoms with Gasteiger partial charge in [0.05, 0.1) is 24.6 Å². The molecule has 1 saturated heterocycles. The smallest absolute Gasteiger partial charge is 0.229 e. The molecule has 1 N–H and O–H groups in total. The van der Waals surface area contributed by atoms with Crippen LogP contribution in [-0.4, -0.2) is 86.3 Å². The van der Waals surface area contributed by atoms with Crippen LogP contribution in [0.4, 0.5) is 11.6 Å². The first kappa shape index (κ1) is 25.7. The fraction of sp³-hybridized carbons (Fsp3) is 0.296. The molecule has 0 saturated carbocycles. The number of hydrogen-bond acceptors (Lipinski definition) is 10. The largest absolute Gasteiger partial charge is 0.508 e.